The van der Waals surface area contributed by atoms with Crippen molar-refractivity contribution in [3.8, 4) is 5.75 Å². The molecular weight excluding hydrogens is 226 g/mol. The quantitative estimate of drug-likeness (QED) is 0.777. The van der Waals surface area contributed by atoms with E-state index in [9.17, 15) is 0 Å². The third-order valence-corrected chi connectivity index (χ3v) is 3.33. The van der Waals surface area contributed by atoms with Crippen molar-refractivity contribution >= 4 is 0 Å². The highest BCUT2D eigenvalue weighted by atomic mass is 16.5. The molecule has 0 aromatic carbocycles. The Morgan fingerprint density at radius 2 is 2.11 bits per heavy atom. The number of ether oxygens (including phenoxy) is 1. The lowest BCUT2D eigenvalue weighted by Gasteiger charge is -2.14. The number of hydrogen-bond donors (Lipinski definition) is 1. The van der Waals surface area contributed by atoms with E-state index in [1.54, 1.807) is 7.11 Å². The van der Waals surface area contributed by atoms with E-state index in [1.165, 1.54) is 25.9 Å². The first-order chi connectivity index (χ1) is 8.78. The van der Waals surface area contributed by atoms with Crippen LogP contribution in [-0.4, -0.2) is 43.2 Å². The highest BCUT2D eigenvalue weighted by Gasteiger charge is 2.10. The van der Waals surface area contributed by atoms with Crippen molar-refractivity contribution in [2.24, 2.45) is 0 Å². The van der Waals surface area contributed by atoms with E-state index in [-0.39, 0.29) is 0 Å². The van der Waals surface area contributed by atoms with Crippen LogP contribution in [0.4, 0.5) is 0 Å². The van der Waals surface area contributed by atoms with Crippen molar-refractivity contribution in [2.45, 2.75) is 26.3 Å². The van der Waals surface area contributed by atoms with Crippen LogP contribution < -0.4 is 10.1 Å². The van der Waals surface area contributed by atoms with Gasteiger partial charge in [0.2, 0.25) is 0 Å². The average molecular weight is 249 g/mol. The number of methoxy groups -OCH3 is 1. The van der Waals surface area contributed by atoms with Crippen LogP contribution in [0, 0.1) is 6.92 Å². The predicted octanol–water partition coefficient (Wildman–Crippen LogP) is 1.58. The van der Waals surface area contributed by atoms with E-state index in [2.05, 4.69) is 15.2 Å². The molecule has 2 heterocycles. The Morgan fingerprint density at radius 3 is 2.83 bits per heavy atom. The third-order valence-electron chi connectivity index (χ3n) is 3.33. The average Bonchev–Trinajstić information content (AvgIpc) is 2.87. The van der Waals surface area contributed by atoms with Gasteiger partial charge >= 0.3 is 0 Å². The van der Waals surface area contributed by atoms with Crippen LogP contribution in [0.5, 0.6) is 5.75 Å². The zero-order valence-corrected chi connectivity index (χ0v) is 11.4. The van der Waals surface area contributed by atoms with Crippen LogP contribution in [0.15, 0.2) is 12.1 Å². The fourth-order valence-electron chi connectivity index (χ4n) is 2.37. The minimum absolute atomic E-state index is 0.811. The Bertz CT molecular complexity index is 375. The maximum absolute atomic E-state index is 5.25. The minimum Gasteiger partial charge on any atom is -0.497 e. The molecule has 0 unspecified atom stereocenters. The van der Waals surface area contributed by atoms with E-state index in [0.717, 1.165) is 36.8 Å². The molecule has 1 aromatic heterocycles. The van der Waals surface area contributed by atoms with Crippen LogP contribution in [-0.2, 0) is 6.54 Å². The second kappa shape index (κ2) is 6.71. The number of rotatable bonds is 6. The summed E-state index contributed by atoms with van der Waals surface area (Å²) in [5.41, 5.74) is 2.05. The largest absolute Gasteiger partial charge is 0.497 e. The lowest BCUT2D eigenvalue weighted by atomic mass is 10.3. The molecule has 2 rings (SSSR count). The van der Waals surface area contributed by atoms with Gasteiger partial charge in [0.15, 0.2) is 0 Å². The minimum atomic E-state index is 0.811. The number of likely N-dealkylation sites (tertiary alicyclic amines) is 1. The van der Waals surface area contributed by atoms with Crippen molar-refractivity contribution in [3.63, 3.8) is 0 Å². The van der Waals surface area contributed by atoms with Crippen LogP contribution in [0.3, 0.4) is 0 Å². The Hall–Kier alpha value is -1.13. The Balaban J connectivity index is 1.73. The number of pyridine rings is 1. The highest BCUT2D eigenvalue weighted by Crippen LogP contribution is 2.13. The lowest BCUT2D eigenvalue weighted by Crippen LogP contribution is -2.29. The summed E-state index contributed by atoms with van der Waals surface area (Å²) in [4.78, 5) is 7.01. The molecule has 1 aliphatic rings. The van der Waals surface area contributed by atoms with E-state index in [0.29, 0.717) is 0 Å². The van der Waals surface area contributed by atoms with E-state index in [1.807, 2.05) is 19.1 Å². The van der Waals surface area contributed by atoms with Crippen LogP contribution >= 0.6 is 0 Å². The van der Waals surface area contributed by atoms with Crippen molar-refractivity contribution in [2.75, 3.05) is 33.3 Å². The standard InChI is InChI=1S/C14H23N3O/c1-12-9-14(18-2)10-13(16-12)11-15-5-8-17-6-3-4-7-17/h9-10,15H,3-8,11H2,1-2H3. The number of nitrogens with zero attached hydrogens (tertiary/aromatic N) is 2. The van der Waals surface area contributed by atoms with Gasteiger partial charge in [-0.05, 0) is 32.9 Å². The van der Waals surface area contributed by atoms with Crippen LogP contribution in [0.25, 0.3) is 0 Å². The van der Waals surface area contributed by atoms with E-state index in [4.69, 9.17) is 4.74 Å². The Kier molecular flexibility index (Phi) is 4.96. The fourth-order valence-corrected chi connectivity index (χ4v) is 2.37. The molecule has 4 nitrogen and oxygen atoms in total. The zero-order chi connectivity index (χ0) is 12.8. The molecule has 1 aliphatic heterocycles. The van der Waals surface area contributed by atoms with Gasteiger partial charge in [0.25, 0.3) is 0 Å². The molecular formula is C14H23N3O. The third kappa shape index (κ3) is 3.96. The molecule has 1 saturated heterocycles. The second-order valence-corrected chi connectivity index (χ2v) is 4.87. The van der Waals surface area contributed by atoms with Crippen molar-refractivity contribution < 1.29 is 4.74 Å². The molecule has 0 amide bonds. The molecule has 100 valence electrons. The zero-order valence-electron chi connectivity index (χ0n) is 11.4. The number of aromatic nitrogens is 1. The van der Waals surface area contributed by atoms with Gasteiger partial charge in [0, 0.05) is 37.5 Å². The molecule has 0 radical (unpaired) electrons. The maximum Gasteiger partial charge on any atom is 0.122 e. The summed E-state index contributed by atoms with van der Waals surface area (Å²) in [6.45, 7) is 7.50. The second-order valence-electron chi connectivity index (χ2n) is 4.87. The molecule has 18 heavy (non-hydrogen) atoms. The summed E-state index contributed by atoms with van der Waals surface area (Å²) in [5, 5.41) is 3.45. The van der Waals surface area contributed by atoms with Gasteiger partial charge in [0.05, 0.1) is 12.8 Å². The van der Waals surface area contributed by atoms with Gasteiger partial charge in [-0.1, -0.05) is 0 Å². The molecule has 0 bridgehead atoms. The first-order valence-electron chi connectivity index (χ1n) is 6.72. The van der Waals surface area contributed by atoms with E-state index >= 15 is 0 Å². The summed E-state index contributed by atoms with van der Waals surface area (Å²) in [6.07, 6.45) is 2.72. The Labute approximate surface area is 109 Å². The normalized spacial score (nSPS) is 16.1. The van der Waals surface area contributed by atoms with Crippen molar-refractivity contribution in [1.29, 1.82) is 0 Å². The first kappa shape index (κ1) is 13.3. The maximum atomic E-state index is 5.25. The van der Waals surface area contributed by atoms with Gasteiger partial charge in [0.1, 0.15) is 5.75 Å². The summed E-state index contributed by atoms with van der Waals surface area (Å²) in [5.74, 6) is 0.888. The molecule has 0 saturated carbocycles. The SMILES string of the molecule is COc1cc(C)nc(CNCCN2CCCC2)c1. The monoisotopic (exact) mass is 249 g/mol. The number of aryl methyl sites for hydroxylation is 1. The molecule has 1 aromatic rings. The van der Waals surface area contributed by atoms with Gasteiger partial charge in [-0.3, -0.25) is 4.98 Å². The van der Waals surface area contributed by atoms with E-state index < -0.39 is 0 Å². The topological polar surface area (TPSA) is 37.4 Å². The van der Waals surface area contributed by atoms with Gasteiger partial charge in [-0.2, -0.15) is 0 Å². The smallest absolute Gasteiger partial charge is 0.122 e. The van der Waals surface area contributed by atoms with Crippen molar-refractivity contribution in [1.82, 2.24) is 15.2 Å². The predicted molar refractivity (Wildman–Crippen MR) is 72.9 cm³/mol. The fraction of sp³-hybridized carbons (Fsp3) is 0.643. The molecule has 0 atom stereocenters. The molecule has 0 spiro atoms. The number of nitrogens with one attached hydrogen (secondary N) is 1. The van der Waals surface area contributed by atoms with Crippen molar-refractivity contribution in [3.05, 3.63) is 23.5 Å². The first-order valence-corrected chi connectivity index (χ1v) is 6.72. The summed E-state index contributed by atoms with van der Waals surface area (Å²) < 4.78 is 5.25. The highest BCUT2D eigenvalue weighted by molar-refractivity contribution is 5.26. The Morgan fingerprint density at radius 1 is 1.33 bits per heavy atom. The van der Waals surface area contributed by atoms with Crippen LogP contribution in [0.1, 0.15) is 24.2 Å². The summed E-state index contributed by atoms with van der Waals surface area (Å²) >= 11 is 0. The lowest BCUT2D eigenvalue weighted by molar-refractivity contribution is 0.335. The summed E-state index contributed by atoms with van der Waals surface area (Å²) in [7, 11) is 1.69. The molecule has 4 heteroatoms. The van der Waals surface area contributed by atoms with Gasteiger partial charge < -0.3 is 15.0 Å². The molecule has 1 N–H and O–H groups in total. The molecule has 0 aliphatic carbocycles. The van der Waals surface area contributed by atoms with Gasteiger partial charge in [-0.15, -0.1) is 0 Å². The van der Waals surface area contributed by atoms with Crippen LogP contribution in [0.2, 0.25) is 0 Å². The van der Waals surface area contributed by atoms with Gasteiger partial charge in [-0.25, -0.2) is 0 Å². The number of hydrogen-bond acceptors (Lipinski definition) is 4. The molecule has 1 fully saturated rings. The summed E-state index contributed by atoms with van der Waals surface area (Å²) in [6, 6.07) is 3.95.